The SMILES string of the molecule is COc1c(F)ccc(F)c1OCc1ccccc1. The van der Waals surface area contributed by atoms with Gasteiger partial charge in [-0.25, -0.2) is 8.78 Å². The van der Waals surface area contributed by atoms with Crippen LogP contribution >= 0.6 is 0 Å². The van der Waals surface area contributed by atoms with Crippen LogP contribution in [0, 0.1) is 11.6 Å². The van der Waals surface area contributed by atoms with Crippen molar-refractivity contribution in [1.29, 1.82) is 0 Å². The Morgan fingerprint density at radius 2 is 1.50 bits per heavy atom. The van der Waals surface area contributed by atoms with Crippen LogP contribution in [0.2, 0.25) is 0 Å². The largest absolute Gasteiger partial charge is 0.490 e. The molecule has 0 saturated heterocycles. The molecule has 0 saturated carbocycles. The first kappa shape index (κ1) is 12.4. The van der Waals surface area contributed by atoms with Gasteiger partial charge >= 0.3 is 0 Å². The van der Waals surface area contributed by atoms with E-state index in [-0.39, 0.29) is 18.1 Å². The van der Waals surface area contributed by atoms with Crippen LogP contribution in [0.3, 0.4) is 0 Å². The first-order valence-corrected chi connectivity index (χ1v) is 5.41. The molecular formula is C14H12F2O2. The topological polar surface area (TPSA) is 18.5 Å². The van der Waals surface area contributed by atoms with Crippen molar-refractivity contribution in [1.82, 2.24) is 0 Å². The number of hydrogen-bond acceptors (Lipinski definition) is 2. The van der Waals surface area contributed by atoms with Crippen molar-refractivity contribution in [3.63, 3.8) is 0 Å². The van der Waals surface area contributed by atoms with Crippen molar-refractivity contribution in [2.75, 3.05) is 7.11 Å². The Morgan fingerprint density at radius 1 is 0.889 bits per heavy atom. The summed E-state index contributed by atoms with van der Waals surface area (Å²) < 4.78 is 37.0. The summed E-state index contributed by atoms with van der Waals surface area (Å²) in [5, 5.41) is 0. The minimum atomic E-state index is -0.651. The smallest absolute Gasteiger partial charge is 0.200 e. The van der Waals surface area contributed by atoms with Gasteiger partial charge in [-0.1, -0.05) is 30.3 Å². The van der Waals surface area contributed by atoms with E-state index in [0.717, 1.165) is 17.7 Å². The van der Waals surface area contributed by atoms with Gasteiger partial charge < -0.3 is 9.47 Å². The van der Waals surface area contributed by atoms with Crippen LogP contribution < -0.4 is 9.47 Å². The second-order valence-electron chi connectivity index (χ2n) is 3.67. The van der Waals surface area contributed by atoms with Crippen LogP contribution in [-0.4, -0.2) is 7.11 Å². The predicted molar refractivity (Wildman–Crippen MR) is 63.7 cm³/mol. The van der Waals surface area contributed by atoms with Crippen molar-refractivity contribution in [3.05, 3.63) is 59.7 Å². The molecule has 0 radical (unpaired) electrons. The Kier molecular flexibility index (Phi) is 3.77. The van der Waals surface area contributed by atoms with Gasteiger partial charge in [-0.05, 0) is 17.7 Å². The summed E-state index contributed by atoms with van der Waals surface area (Å²) >= 11 is 0. The van der Waals surface area contributed by atoms with Crippen LogP contribution in [0.15, 0.2) is 42.5 Å². The molecule has 2 aromatic carbocycles. The molecule has 0 bridgehead atoms. The van der Waals surface area contributed by atoms with Gasteiger partial charge in [-0.2, -0.15) is 0 Å². The van der Waals surface area contributed by atoms with Gasteiger partial charge in [0.1, 0.15) is 6.61 Å². The molecular weight excluding hydrogens is 238 g/mol. The number of rotatable bonds is 4. The molecule has 0 fully saturated rings. The van der Waals surface area contributed by atoms with Gasteiger partial charge in [0, 0.05) is 0 Å². The summed E-state index contributed by atoms with van der Waals surface area (Å²) in [5.74, 6) is -1.72. The Bertz CT molecular complexity index is 527. The monoisotopic (exact) mass is 250 g/mol. The van der Waals surface area contributed by atoms with Gasteiger partial charge in [-0.3, -0.25) is 0 Å². The highest BCUT2D eigenvalue weighted by molar-refractivity contribution is 5.42. The molecule has 2 nitrogen and oxygen atoms in total. The minimum absolute atomic E-state index is 0.150. The first-order valence-electron chi connectivity index (χ1n) is 5.41. The summed E-state index contributed by atoms with van der Waals surface area (Å²) in [7, 11) is 1.27. The molecule has 0 aromatic heterocycles. The van der Waals surface area contributed by atoms with Gasteiger partial charge in [-0.15, -0.1) is 0 Å². The van der Waals surface area contributed by atoms with E-state index in [1.54, 1.807) is 0 Å². The van der Waals surface area contributed by atoms with Gasteiger partial charge in [0.05, 0.1) is 7.11 Å². The fourth-order valence-electron chi connectivity index (χ4n) is 1.57. The Morgan fingerprint density at radius 3 is 2.11 bits per heavy atom. The maximum Gasteiger partial charge on any atom is 0.200 e. The quantitative estimate of drug-likeness (QED) is 0.826. The number of ether oxygens (including phenoxy) is 2. The van der Waals surface area contributed by atoms with Crippen LogP contribution in [0.1, 0.15) is 5.56 Å². The van der Waals surface area contributed by atoms with E-state index in [1.807, 2.05) is 30.3 Å². The molecule has 0 spiro atoms. The third-order valence-electron chi connectivity index (χ3n) is 2.45. The zero-order valence-electron chi connectivity index (χ0n) is 9.82. The summed E-state index contributed by atoms with van der Waals surface area (Å²) in [6.07, 6.45) is 0. The number of hydrogen-bond donors (Lipinski definition) is 0. The lowest BCUT2D eigenvalue weighted by Gasteiger charge is -2.12. The molecule has 0 atom stereocenters. The van der Waals surface area contributed by atoms with E-state index in [4.69, 9.17) is 9.47 Å². The van der Waals surface area contributed by atoms with E-state index in [9.17, 15) is 8.78 Å². The van der Waals surface area contributed by atoms with Crippen LogP contribution in [0.25, 0.3) is 0 Å². The van der Waals surface area contributed by atoms with E-state index < -0.39 is 11.6 Å². The van der Waals surface area contributed by atoms with E-state index in [1.165, 1.54) is 7.11 Å². The van der Waals surface area contributed by atoms with Crippen molar-refractivity contribution >= 4 is 0 Å². The standard InChI is InChI=1S/C14H12F2O2/c1-17-13-11(15)7-8-12(16)14(13)18-9-10-5-3-2-4-6-10/h2-8H,9H2,1H3. The lowest BCUT2D eigenvalue weighted by Crippen LogP contribution is -2.01. The summed E-state index contributed by atoms with van der Waals surface area (Å²) in [5.41, 5.74) is 0.864. The summed E-state index contributed by atoms with van der Waals surface area (Å²) in [6, 6.07) is 11.2. The van der Waals surface area contributed by atoms with E-state index in [2.05, 4.69) is 0 Å². The highest BCUT2D eigenvalue weighted by Crippen LogP contribution is 2.33. The van der Waals surface area contributed by atoms with Crippen molar-refractivity contribution < 1.29 is 18.3 Å². The average molecular weight is 250 g/mol. The molecule has 4 heteroatoms. The molecule has 0 unspecified atom stereocenters. The van der Waals surface area contributed by atoms with Crippen LogP contribution in [-0.2, 0) is 6.61 Å². The van der Waals surface area contributed by atoms with Crippen molar-refractivity contribution in [2.45, 2.75) is 6.61 Å². The third kappa shape index (κ3) is 2.59. The zero-order chi connectivity index (χ0) is 13.0. The molecule has 0 aliphatic heterocycles. The predicted octanol–water partition coefficient (Wildman–Crippen LogP) is 3.55. The molecule has 94 valence electrons. The fraction of sp³-hybridized carbons (Fsp3) is 0.143. The number of benzene rings is 2. The van der Waals surface area contributed by atoms with Gasteiger partial charge in [0.15, 0.2) is 17.4 Å². The second-order valence-corrected chi connectivity index (χ2v) is 3.67. The first-order chi connectivity index (χ1) is 8.72. The highest BCUT2D eigenvalue weighted by Gasteiger charge is 2.16. The number of halogens is 2. The maximum atomic E-state index is 13.5. The number of methoxy groups -OCH3 is 1. The van der Waals surface area contributed by atoms with E-state index in [0.29, 0.717) is 0 Å². The minimum Gasteiger partial charge on any atom is -0.490 e. The van der Waals surface area contributed by atoms with Crippen LogP contribution in [0.5, 0.6) is 11.5 Å². The molecule has 0 aliphatic rings. The Hall–Kier alpha value is -2.10. The molecule has 2 aromatic rings. The van der Waals surface area contributed by atoms with Gasteiger partial charge in [0.2, 0.25) is 5.75 Å². The fourth-order valence-corrected chi connectivity index (χ4v) is 1.57. The third-order valence-corrected chi connectivity index (χ3v) is 2.45. The zero-order valence-corrected chi connectivity index (χ0v) is 9.82. The lowest BCUT2D eigenvalue weighted by atomic mass is 10.2. The van der Waals surface area contributed by atoms with E-state index >= 15 is 0 Å². The summed E-state index contributed by atoms with van der Waals surface area (Å²) in [6.45, 7) is 0.150. The maximum absolute atomic E-state index is 13.5. The Balaban J connectivity index is 2.21. The van der Waals surface area contributed by atoms with Gasteiger partial charge in [0.25, 0.3) is 0 Å². The molecule has 0 N–H and O–H groups in total. The molecule has 0 heterocycles. The highest BCUT2D eigenvalue weighted by atomic mass is 19.1. The molecule has 2 rings (SSSR count). The summed E-state index contributed by atoms with van der Waals surface area (Å²) in [4.78, 5) is 0. The molecule has 0 aliphatic carbocycles. The normalized spacial score (nSPS) is 10.2. The Labute approximate surface area is 104 Å². The van der Waals surface area contributed by atoms with Crippen molar-refractivity contribution in [3.8, 4) is 11.5 Å². The second kappa shape index (κ2) is 5.49. The van der Waals surface area contributed by atoms with Crippen LogP contribution in [0.4, 0.5) is 8.78 Å². The molecule has 18 heavy (non-hydrogen) atoms. The molecule has 0 amide bonds. The van der Waals surface area contributed by atoms with Crippen molar-refractivity contribution in [2.24, 2.45) is 0 Å². The lowest BCUT2D eigenvalue weighted by molar-refractivity contribution is 0.263. The average Bonchev–Trinajstić information content (AvgIpc) is 2.41.